The molecular formula is C26H20F6N2O3. The minimum atomic E-state index is -4.96. The third-order valence-electron chi connectivity index (χ3n) is 5.66. The number of rotatable bonds is 7. The lowest BCUT2D eigenvalue weighted by molar-refractivity contribution is -0.143. The van der Waals surface area contributed by atoms with Crippen LogP contribution in [-0.2, 0) is 25.3 Å². The van der Waals surface area contributed by atoms with Crippen molar-refractivity contribution in [3.05, 3.63) is 94.3 Å². The van der Waals surface area contributed by atoms with Crippen LogP contribution in [0.5, 0.6) is 5.75 Å². The Balaban J connectivity index is 1.80. The Hall–Kier alpha value is -4.02. The number of hydrogen-bond donors (Lipinski definition) is 1. The Morgan fingerprint density at radius 3 is 2.16 bits per heavy atom. The molecule has 1 heterocycles. The van der Waals surface area contributed by atoms with Crippen molar-refractivity contribution in [2.45, 2.75) is 32.2 Å². The predicted octanol–water partition coefficient (Wildman–Crippen LogP) is 6.81. The number of ether oxygens (including phenoxy) is 1. The molecule has 0 amide bonds. The highest BCUT2D eigenvalue weighted by Crippen LogP contribution is 2.37. The molecular weight excluding hydrogens is 502 g/mol. The van der Waals surface area contributed by atoms with Gasteiger partial charge < -0.3 is 14.4 Å². The number of fused-ring (bicyclic) bond motifs is 1. The van der Waals surface area contributed by atoms with Crippen molar-refractivity contribution in [2.75, 3.05) is 6.61 Å². The third kappa shape index (κ3) is 5.71. The minimum Gasteiger partial charge on any atom is -0.493 e. The smallest absolute Gasteiger partial charge is 0.416 e. The zero-order chi connectivity index (χ0) is 27.0. The topological polar surface area (TPSA) is 64.4 Å². The SMILES string of the molecule is CCOc1cc(Cc2nc3ccccc3n2Cc2cc(C(F)(F)F)cc(C(F)(F)F)c2)ccc1C(=O)O. The highest BCUT2D eigenvalue weighted by atomic mass is 19.4. The average Bonchev–Trinajstić information content (AvgIpc) is 3.15. The van der Waals surface area contributed by atoms with Crippen LogP contribution in [0.1, 0.15) is 45.4 Å². The van der Waals surface area contributed by atoms with Crippen molar-refractivity contribution in [1.29, 1.82) is 0 Å². The molecule has 5 nitrogen and oxygen atoms in total. The molecule has 0 saturated carbocycles. The van der Waals surface area contributed by atoms with Gasteiger partial charge in [0.25, 0.3) is 0 Å². The van der Waals surface area contributed by atoms with Crippen LogP contribution in [0.3, 0.4) is 0 Å². The van der Waals surface area contributed by atoms with Crippen LogP contribution >= 0.6 is 0 Å². The first-order valence-corrected chi connectivity index (χ1v) is 11.1. The number of carboxylic acids is 1. The minimum absolute atomic E-state index is 0.0391. The molecule has 3 aromatic carbocycles. The van der Waals surface area contributed by atoms with E-state index >= 15 is 0 Å². The largest absolute Gasteiger partial charge is 0.493 e. The highest BCUT2D eigenvalue weighted by molar-refractivity contribution is 5.91. The maximum atomic E-state index is 13.4. The van der Waals surface area contributed by atoms with E-state index in [1.165, 1.54) is 12.1 Å². The normalized spacial score (nSPS) is 12.2. The number of hydrogen-bond acceptors (Lipinski definition) is 3. The zero-order valence-corrected chi connectivity index (χ0v) is 19.3. The summed E-state index contributed by atoms with van der Waals surface area (Å²) in [6, 6.07) is 12.7. The van der Waals surface area contributed by atoms with E-state index < -0.39 is 29.4 Å². The molecule has 1 N–H and O–H groups in total. The molecule has 37 heavy (non-hydrogen) atoms. The van der Waals surface area contributed by atoms with Crippen LogP contribution in [0, 0.1) is 0 Å². The number of aromatic nitrogens is 2. The fourth-order valence-electron chi connectivity index (χ4n) is 4.04. The molecule has 0 aliphatic carbocycles. The number of imidazole rings is 1. The van der Waals surface area contributed by atoms with E-state index in [2.05, 4.69) is 4.98 Å². The van der Waals surface area contributed by atoms with Crippen LogP contribution in [0.25, 0.3) is 11.0 Å². The van der Waals surface area contributed by atoms with Gasteiger partial charge in [-0.1, -0.05) is 18.2 Å². The second kappa shape index (κ2) is 9.79. The summed E-state index contributed by atoms with van der Waals surface area (Å²) in [6.45, 7) is 1.62. The van der Waals surface area contributed by atoms with E-state index in [0.717, 1.165) is 0 Å². The summed E-state index contributed by atoms with van der Waals surface area (Å²) in [6.07, 6.45) is -9.80. The van der Waals surface area contributed by atoms with Crippen LogP contribution in [-0.4, -0.2) is 27.2 Å². The standard InChI is InChI=1S/C26H20F6N2O3/c1-2-37-22-11-15(7-8-19(22)24(35)36)12-23-33-20-5-3-4-6-21(20)34(23)14-16-9-17(25(27,28)29)13-18(10-16)26(30,31)32/h3-11,13H,2,12,14H2,1H3,(H,35,36). The monoisotopic (exact) mass is 522 g/mol. The number of carboxylic acid groups (broad SMARTS) is 1. The van der Waals surface area contributed by atoms with Gasteiger partial charge in [-0.25, -0.2) is 9.78 Å². The first-order valence-electron chi connectivity index (χ1n) is 11.1. The summed E-state index contributed by atoms with van der Waals surface area (Å²) in [5, 5.41) is 9.38. The Morgan fingerprint density at radius 1 is 0.919 bits per heavy atom. The third-order valence-corrected chi connectivity index (χ3v) is 5.66. The lowest BCUT2D eigenvalue weighted by Gasteiger charge is -2.16. The lowest BCUT2D eigenvalue weighted by atomic mass is 10.0. The molecule has 0 aliphatic heterocycles. The van der Waals surface area contributed by atoms with Gasteiger partial charge in [-0.2, -0.15) is 26.3 Å². The molecule has 0 spiro atoms. The molecule has 0 radical (unpaired) electrons. The molecule has 0 saturated heterocycles. The van der Waals surface area contributed by atoms with E-state index in [4.69, 9.17) is 4.74 Å². The molecule has 4 rings (SSSR count). The van der Waals surface area contributed by atoms with Gasteiger partial charge in [-0.05, 0) is 60.5 Å². The summed E-state index contributed by atoms with van der Waals surface area (Å²) < 4.78 is 87.3. The van der Waals surface area contributed by atoms with Gasteiger partial charge in [0.15, 0.2) is 0 Å². The van der Waals surface area contributed by atoms with E-state index in [1.807, 2.05) is 0 Å². The lowest BCUT2D eigenvalue weighted by Crippen LogP contribution is -2.13. The molecule has 194 valence electrons. The molecule has 4 aromatic rings. The van der Waals surface area contributed by atoms with Crippen molar-refractivity contribution < 1.29 is 41.0 Å². The van der Waals surface area contributed by atoms with Crippen molar-refractivity contribution in [1.82, 2.24) is 9.55 Å². The Kier molecular flexibility index (Phi) is 6.90. The number of benzene rings is 3. The van der Waals surface area contributed by atoms with Crippen molar-refractivity contribution in [3.8, 4) is 5.75 Å². The number of nitrogens with zero attached hydrogens (tertiary/aromatic N) is 2. The summed E-state index contributed by atoms with van der Waals surface area (Å²) in [5.41, 5.74) is -1.39. The highest BCUT2D eigenvalue weighted by Gasteiger charge is 2.37. The fraction of sp³-hybridized carbons (Fsp3) is 0.231. The molecule has 0 atom stereocenters. The zero-order valence-electron chi connectivity index (χ0n) is 19.3. The predicted molar refractivity (Wildman–Crippen MR) is 123 cm³/mol. The van der Waals surface area contributed by atoms with Gasteiger partial charge in [0.05, 0.1) is 28.8 Å². The van der Waals surface area contributed by atoms with Gasteiger partial charge in [-0.15, -0.1) is 0 Å². The van der Waals surface area contributed by atoms with Crippen molar-refractivity contribution in [2.24, 2.45) is 0 Å². The number of carbonyl (C=O) groups is 1. The van der Waals surface area contributed by atoms with E-state index in [1.54, 1.807) is 41.8 Å². The van der Waals surface area contributed by atoms with Gasteiger partial charge in [0.1, 0.15) is 17.1 Å². The maximum Gasteiger partial charge on any atom is 0.416 e. The fourth-order valence-corrected chi connectivity index (χ4v) is 4.04. The van der Waals surface area contributed by atoms with Crippen LogP contribution in [0.4, 0.5) is 26.3 Å². The van der Waals surface area contributed by atoms with E-state index in [9.17, 15) is 36.2 Å². The van der Waals surface area contributed by atoms with Crippen molar-refractivity contribution >= 4 is 17.0 Å². The van der Waals surface area contributed by atoms with Gasteiger partial charge >= 0.3 is 18.3 Å². The second-order valence-electron chi connectivity index (χ2n) is 8.26. The molecule has 11 heteroatoms. The van der Waals surface area contributed by atoms with Gasteiger partial charge in [0.2, 0.25) is 0 Å². The molecule has 0 fully saturated rings. The molecule has 1 aromatic heterocycles. The quantitative estimate of drug-likeness (QED) is 0.271. The van der Waals surface area contributed by atoms with Gasteiger partial charge in [-0.3, -0.25) is 0 Å². The summed E-state index contributed by atoms with van der Waals surface area (Å²) >= 11 is 0. The molecule has 0 unspecified atom stereocenters. The number of para-hydroxylation sites is 2. The van der Waals surface area contributed by atoms with Crippen LogP contribution in [0.2, 0.25) is 0 Å². The Morgan fingerprint density at radius 2 is 1.57 bits per heavy atom. The first-order chi connectivity index (χ1) is 17.4. The Bertz CT molecular complexity index is 1420. The summed E-state index contributed by atoms with van der Waals surface area (Å²) in [7, 11) is 0. The maximum absolute atomic E-state index is 13.4. The first kappa shape index (κ1) is 26.1. The second-order valence-corrected chi connectivity index (χ2v) is 8.26. The van der Waals surface area contributed by atoms with E-state index in [0.29, 0.717) is 34.6 Å². The average molecular weight is 522 g/mol. The van der Waals surface area contributed by atoms with Crippen LogP contribution < -0.4 is 4.74 Å². The van der Waals surface area contributed by atoms with Gasteiger partial charge in [0, 0.05) is 13.0 Å². The molecule has 0 aliphatic rings. The summed E-state index contributed by atoms with van der Waals surface area (Å²) in [5.74, 6) is -0.659. The number of alkyl halides is 6. The Labute approximate surface area is 206 Å². The van der Waals surface area contributed by atoms with Crippen molar-refractivity contribution in [3.63, 3.8) is 0 Å². The molecule has 0 bridgehead atoms. The van der Waals surface area contributed by atoms with E-state index in [-0.39, 0.29) is 42.5 Å². The number of aromatic carboxylic acids is 1. The number of halogens is 6. The summed E-state index contributed by atoms with van der Waals surface area (Å²) in [4.78, 5) is 16.0. The van der Waals surface area contributed by atoms with Crippen LogP contribution in [0.15, 0.2) is 60.7 Å².